The molecule has 5 heteroatoms. The molecule has 0 aromatic heterocycles. The van der Waals surface area contributed by atoms with E-state index in [4.69, 9.17) is 18.9 Å². The molecule has 158 valence electrons. The van der Waals surface area contributed by atoms with Gasteiger partial charge in [-0.15, -0.1) is 0 Å². The molecular weight excluding hydrogens is 380 g/mol. The molecule has 1 fully saturated rings. The second-order valence-electron chi connectivity index (χ2n) is 7.35. The third-order valence-corrected chi connectivity index (χ3v) is 5.25. The highest BCUT2D eigenvalue weighted by Gasteiger charge is 2.26. The predicted octanol–water partition coefficient (Wildman–Crippen LogP) is 5.19. The Labute approximate surface area is 177 Å². The average molecular weight is 408 g/mol. The molecular formula is C25H28O5. The maximum absolute atomic E-state index is 13.3. The number of benzene rings is 2. The Hall–Kier alpha value is -3.21. The largest absolute Gasteiger partial charge is 0.493 e. The monoisotopic (exact) mass is 408 g/mol. The van der Waals surface area contributed by atoms with Crippen molar-refractivity contribution in [1.82, 2.24) is 0 Å². The van der Waals surface area contributed by atoms with Gasteiger partial charge in [0.15, 0.2) is 28.8 Å². The van der Waals surface area contributed by atoms with Crippen LogP contribution in [-0.4, -0.2) is 34.2 Å². The van der Waals surface area contributed by atoms with E-state index in [2.05, 4.69) is 6.92 Å². The maximum atomic E-state index is 13.3. The Kier molecular flexibility index (Phi) is 6.83. The van der Waals surface area contributed by atoms with E-state index in [0.29, 0.717) is 41.8 Å². The van der Waals surface area contributed by atoms with E-state index in [1.165, 1.54) is 0 Å². The second kappa shape index (κ2) is 9.53. The average Bonchev–Trinajstić information content (AvgIpc) is 2.76. The zero-order valence-corrected chi connectivity index (χ0v) is 18.2. The molecule has 2 aromatic carbocycles. The van der Waals surface area contributed by atoms with Crippen molar-refractivity contribution in [3.63, 3.8) is 0 Å². The van der Waals surface area contributed by atoms with Crippen molar-refractivity contribution in [1.29, 1.82) is 0 Å². The number of ketones is 1. The van der Waals surface area contributed by atoms with Gasteiger partial charge in [-0.2, -0.15) is 0 Å². The summed E-state index contributed by atoms with van der Waals surface area (Å²) < 4.78 is 21.8. The van der Waals surface area contributed by atoms with E-state index in [1.54, 1.807) is 28.4 Å². The lowest BCUT2D eigenvalue weighted by Crippen LogP contribution is -2.18. The lowest BCUT2D eigenvalue weighted by atomic mass is 9.80. The van der Waals surface area contributed by atoms with E-state index in [0.717, 1.165) is 22.3 Å². The molecule has 30 heavy (non-hydrogen) atoms. The van der Waals surface area contributed by atoms with Gasteiger partial charge in [-0.25, -0.2) is 0 Å². The Balaban J connectivity index is 2.03. The van der Waals surface area contributed by atoms with Gasteiger partial charge < -0.3 is 18.9 Å². The van der Waals surface area contributed by atoms with Crippen molar-refractivity contribution in [2.75, 3.05) is 28.4 Å². The molecule has 1 saturated carbocycles. The maximum Gasteiger partial charge on any atom is 0.185 e. The van der Waals surface area contributed by atoms with Crippen LogP contribution in [0.15, 0.2) is 47.5 Å². The van der Waals surface area contributed by atoms with Crippen LogP contribution in [-0.2, 0) is 4.79 Å². The van der Waals surface area contributed by atoms with Crippen molar-refractivity contribution >= 4 is 17.9 Å². The number of rotatable bonds is 6. The summed E-state index contributed by atoms with van der Waals surface area (Å²) >= 11 is 0. The smallest absolute Gasteiger partial charge is 0.185 e. The summed E-state index contributed by atoms with van der Waals surface area (Å²) in [6.45, 7) is 2.15. The zero-order chi connectivity index (χ0) is 21.7. The molecule has 0 radical (unpaired) electrons. The lowest BCUT2D eigenvalue weighted by Gasteiger charge is -2.23. The highest BCUT2D eigenvalue weighted by molar-refractivity contribution is 6.14. The molecule has 0 N–H and O–H groups in total. The molecule has 0 aliphatic heterocycles. The van der Waals surface area contributed by atoms with Crippen LogP contribution in [0.2, 0.25) is 0 Å². The van der Waals surface area contributed by atoms with Gasteiger partial charge in [-0.1, -0.05) is 31.2 Å². The summed E-state index contributed by atoms with van der Waals surface area (Å²) in [5, 5.41) is 0. The first-order chi connectivity index (χ1) is 14.5. The summed E-state index contributed by atoms with van der Waals surface area (Å²) in [5.41, 5.74) is 3.17. The Morgan fingerprint density at radius 1 is 0.733 bits per heavy atom. The SMILES string of the molecule is COc1cccc(/C=C2\CC(C)C/C(=C\c3cccc(OC)c3OC)C2=O)c1OC. The van der Waals surface area contributed by atoms with Crippen molar-refractivity contribution in [2.24, 2.45) is 5.92 Å². The fourth-order valence-electron chi connectivity index (χ4n) is 3.89. The number of hydrogen-bond donors (Lipinski definition) is 0. The second-order valence-corrected chi connectivity index (χ2v) is 7.35. The minimum absolute atomic E-state index is 0.0443. The molecule has 1 aliphatic carbocycles. The number of hydrogen-bond acceptors (Lipinski definition) is 5. The van der Waals surface area contributed by atoms with Gasteiger partial charge >= 0.3 is 0 Å². The first kappa shape index (κ1) is 21.5. The number of Topliss-reactive ketones (excluding diaryl/α,β-unsaturated/α-hetero) is 1. The van der Waals surface area contributed by atoms with E-state index < -0.39 is 0 Å². The number of para-hydroxylation sites is 2. The van der Waals surface area contributed by atoms with Crippen molar-refractivity contribution in [3.8, 4) is 23.0 Å². The zero-order valence-electron chi connectivity index (χ0n) is 18.2. The fourth-order valence-corrected chi connectivity index (χ4v) is 3.89. The van der Waals surface area contributed by atoms with Gasteiger partial charge in [0.05, 0.1) is 28.4 Å². The van der Waals surface area contributed by atoms with E-state index in [-0.39, 0.29) is 5.78 Å². The topological polar surface area (TPSA) is 54.0 Å². The number of carbonyl (C=O) groups excluding carboxylic acids is 1. The van der Waals surface area contributed by atoms with Crippen LogP contribution >= 0.6 is 0 Å². The Morgan fingerprint density at radius 2 is 1.17 bits per heavy atom. The molecule has 0 spiro atoms. The molecule has 2 aromatic rings. The molecule has 3 rings (SSSR count). The van der Waals surface area contributed by atoms with Gasteiger partial charge in [-0.3, -0.25) is 4.79 Å². The molecule has 0 saturated heterocycles. The van der Waals surface area contributed by atoms with Gasteiger partial charge in [0.25, 0.3) is 0 Å². The van der Waals surface area contributed by atoms with Crippen molar-refractivity contribution in [2.45, 2.75) is 19.8 Å². The molecule has 0 atom stereocenters. The highest BCUT2D eigenvalue weighted by Crippen LogP contribution is 2.38. The standard InChI is InChI=1S/C25H28O5/c1-16-12-19(14-17-8-6-10-21(27-2)24(17)29-4)23(26)20(13-16)15-18-9-7-11-22(28-3)25(18)30-5/h6-11,14-16H,12-13H2,1-5H3/b19-14+,20-15+. The highest BCUT2D eigenvalue weighted by atomic mass is 16.5. The molecule has 0 unspecified atom stereocenters. The third kappa shape index (κ3) is 4.35. The van der Waals surface area contributed by atoms with Crippen molar-refractivity contribution in [3.05, 3.63) is 58.7 Å². The molecule has 5 nitrogen and oxygen atoms in total. The van der Waals surface area contributed by atoms with Crippen molar-refractivity contribution < 1.29 is 23.7 Å². The first-order valence-corrected chi connectivity index (χ1v) is 9.90. The molecule has 1 aliphatic rings. The third-order valence-electron chi connectivity index (χ3n) is 5.25. The number of allylic oxidation sites excluding steroid dienone is 2. The van der Waals surface area contributed by atoms with Crippen LogP contribution in [0, 0.1) is 5.92 Å². The van der Waals surface area contributed by atoms with E-state index in [9.17, 15) is 4.79 Å². The first-order valence-electron chi connectivity index (χ1n) is 9.90. The van der Waals surface area contributed by atoms with E-state index in [1.807, 2.05) is 48.6 Å². The lowest BCUT2D eigenvalue weighted by molar-refractivity contribution is -0.113. The van der Waals surface area contributed by atoms with Crippen LogP contribution in [0.5, 0.6) is 23.0 Å². The predicted molar refractivity (Wildman–Crippen MR) is 118 cm³/mol. The van der Waals surface area contributed by atoms with Crippen LogP contribution in [0.3, 0.4) is 0 Å². The van der Waals surface area contributed by atoms with Gasteiger partial charge in [0, 0.05) is 22.3 Å². The van der Waals surface area contributed by atoms with Crippen LogP contribution < -0.4 is 18.9 Å². The summed E-state index contributed by atoms with van der Waals surface area (Å²) in [4.78, 5) is 13.3. The normalized spacial score (nSPS) is 19.1. The summed E-state index contributed by atoms with van der Waals surface area (Å²) in [7, 11) is 6.41. The Morgan fingerprint density at radius 3 is 1.53 bits per heavy atom. The van der Waals surface area contributed by atoms with Crippen LogP contribution in [0.4, 0.5) is 0 Å². The number of carbonyl (C=O) groups is 1. The Bertz CT molecular complexity index is 910. The minimum atomic E-state index is 0.0443. The minimum Gasteiger partial charge on any atom is -0.493 e. The molecule has 0 heterocycles. The number of ether oxygens (including phenoxy) is 4. The van der Waals surface area contributed by atoms with Gasteiger partial charge in [-0.05, 0) is 43.0 Å². The molecule has 0 bridgehead atoms. The summed E-state index contributed by atoms with van der Waals surface area (Å²) in [5.74, 6) is 2.91. The molecule has 0 amide bonds. The quantitative estimate of drug-likeness (QED) is 0.616. The van der Waals surface area contributed by atoms with Gasteiger partial charge in [0.2, 0.25) is 0 Å². The van der Waals surface area contributed by atoms with Crippen LogP contribution in [0.1, 0.15) is 30.9 Å². The fraction of sp³-hybridized carbons (Fsp3) is 0.320. The summed E-state index contributed by atoms with van der Waals surface area (Å²) in [6, 6.07) is 11.3. The van der Waals surface area contributed by atoms with E-state index >= 15 is 0 Å². The summed E-state index contributed by atoms with van der Waals surface area (Å²) in [6.07, 6.45) is 5.25. The van der Waals surface area contributed by atoms with Gasteiger partial charge in [0.1, 0.15) is 0 Å². The van der Waals surface area contributed by atoms with Crippen LogP contribution in [0.25, 0.3) is 12.2 Å². The number of methoxy groups -OCH3 is 4.